The highest BCUT2D eigenvalue weighted by Crippen LogP contribution is 2.05. The topological polar surface area (TPSA) is 91.7 Å². The van der Waals surface area contributed by atoms with Gasteiger partial charge in [-0.05, 0) is 12.8 Å². The number of aliphatic carboxylic acids is 2. The Bertz CT molecular complexity index is 186. The monoisotopic (exact) mass is 174 g/mol. The van der Waals surface area contributed by atoms with Gasteiger partial charge in [0.15, 0.2) is 0 Å². The van der Waals surface area contributed by atoms with Crippen LogP contribution in [0.15, 0.2) is 0 Å². The van der Waals surface area contributed by atoms with Crippen LogP contribution in [0.5, 0.6) is 0 Å². The Balaban J connectivity index is 3.66. The summed E-state index contributed by atoms with van der Waals surface area (Å²) < 4.78 is 0. The molecular formula is C7H10O5. The molecule has 5 heteroatoms. The van der Waals surface area contributed by atoms with Crippen molar-refractivity contribution in [2.45, 2.75) is 19.3 Å². The molecule has 1 atom stereocenters. The first kappa shape index (κ1) is 10.6. The molecule has 0 radical (unpaired) electrons. The van der Waals surface area contributed by atoms with Gasteiger partial charge in [0.2, 0.25) is 0 Å². The molecule has 5 nitrogen and oxygen atoms in total. The van der Waals surface area contributed by atoms with E-state index in [0.717, 1.165) is 0 Å². The predicted octanol–water partition coefficient (Wildman–Crippen LogP) is 0.141. The number of carbonyl (C=O) groups is 3. The molecule has 0 aliphatic carbocycles. The largest absolute Gasteiger partial charge is 0.481 e. The van der Waals surface area contributed by atoms with Gasteiger partial charge in [-0.1, -0.05) is 0 Å². The second-order valence-corrected chi connectivity index (χ2v) is 2.37. The zero-order chi connectivity index (χ0) is 9.56. The van der Waals surface area contributed by atoms with Gasteiger partial charge in [-0.2, -0.15) is 0 Å². The molecule has 0 saturated carbocycles. The summed E-state index contributed by atoms with van der Waals surface area (Å²) >= 11 is 0. The Labute approximate surface area is 69.0 Å². The summed E-state index contributed by atoms with van der Waals surface area (Å²) in [4.78, 5) is 30.3. The number of hydrogen-bond donors (Lipinski definition) is 2. The predicted molar refractivity (Wildman–Crippen MR) is 38.7 cm³/mol. The highest BCUT2D eigenvalue weighted by Gasteiger charge is 2.15. The van der Waals surface area contributed by atoms with E-state index in [1.54, 1.807) is 0 Å². The lowest BCUT2D eigenvalue weighted by molar-refractivity contribution is -0.144. The average molecular weight is 174 g/mol. The number of carbonyl (C=O) groups excluding carboxylic acids is 1. The molecule has 0 aromatic rings. The third kappa shape index (κ3) is 4.43. The molecule has 0 amide bonds. The molecule has 0 saturated heterocycles. The van der Waals surface area contributed by atoms with Crippen molar-refractivity contribution in [3.8, 4) is 0 Å². The number of aldehydes is 1. The molecule has 0 aliphatic rings. The van der Waals surface area contributed by atoms with E-state index < -0.39 is 17.9 Å². The van der Waals surface area contributed by atoms with E-state index in [2.05, 4.69) is 0 Å². The number of rotatable bonds is 6. The minimum absolute atomic E-state index is 0.0884. The molecule has 0 aromatic carbocycles. The van der Waals surface area contributed by atoms with Crippen LogP contribution in [-0.4, -0.2) is 28.4 Å². The highest BCUT2D eigenvalue weighted by atomic mass is 16.4. The summed E-state index contributed by atoms with van der Waals surface area (Å²) in [5.41, 5.74) is 0. The summed E-state index contributed by atoms with van der Waals surface area (Å²) in [6, 6.07) is 0. The fourth-order valence-electron chi connectivity index (χ4n) is 0.723. The van der Waals surface area contributed by atoms with Crippen LogP contribution in [0, 0.1) is 5.92 Å². The van der Waals surface area contributed by atoms with E-state index in [1.165, 1.54) is 0 Å². The first-order valence-electron chi connectivity index (χ1n) is 3.47. The van der Waals surface area contributed by atoms with Gasteiger partial charge < -0.3 is 15.0 Å². The molecular weight excluding hydrogens is 164 g/mol. The van der Waals surface area contributed by atoms with Gasteiger partial charge in [-0.3, -0.25) is 9.59 Å². The van der Waals surface area contributed by atoms with E-state index in [0.29, 0.717) is 6.29 Å². The average Bonchev–Trinajstić information content (AvgIpc) is 1.96. The van der Waals surface area contributed by atoms with Crippen molar-refractivity contribution in [1.29, 1.82) is 0 Å². The normalized spacial score (nSPS) is 12.0. The van der Waals surface area contributed by atoms with Crippen LogP contribution < -0.4 is 0 Å². The van der Waals surface area contributed by atoms with Crippen LogP contribution >= 0.6 is 0 Å². The Morgan fingerprint density at radius 3 is 2.25 bits per heavy atom. The lowest BCUT2D eigenvalue weighted by Gasteiger charge is -2.01. The molecule has 12 heavy (non-hydrogen) atoms. The summed E-state index contributed by atoms with van der Waals surface area (Å²) in [5, 5.41) is 16.6. The molecule has 1 unspecified atom stereocenters. The fraction of sp³-hybridized carbons (Fsp3) is 0.571. The van der Waals surface area contributed by atoms with Crippen molar-refractivity contribution < 1.29 is 24.6 Å². The van der Waals surface area contributed by atoms with Gasteiger partial charge in [0, 0.05) is 6.42 Å². The van der Waals surface area contributed by atoms with Crippen LogP contribution in [0.2, 0.25) is 0 Å². The van der Waals surface area contributed by atoms with Crippen molar-refractivity contribution in [2.75, 3.05) is 0 Å². The second kappa shape index (κ2) is 5.29. The molecule has 0 heterocycles. The van der Waals surface area contributed by atoms with Gasteiger partial charge in [0.25, 0.3) is 0 Å². The van der Waals surface area contributed by atoms with Crippen molar-refractivity contribution in [3.05, 3.63) is 0 Å². The molecule has 0 spiro atoms. The number of carboxylic acids is 2. The molecule has 0 fully saturated rings. The first-order valence-corrected chi connectivity index (χ1v) is 3.47. The quantitative estimate of drug-likeness (QED) is 0.441. The number of carboxylic acid groups (broad SMARTS) is 2. The van der Waals surface area contributed by atoms with Crippen LogP contribution in [0.3, 0.4) is 0 Å². The Morgan fingerprint density at radius 2 is 1.92 bits per heavy atom. The minimum Gasteiger partial charge on any atom is -0.481 e. The lowest BCUT2D eigenvalue weighted by Crippen LogP contribution is -2.15. The molecule has 2 N–H and O–H groups in total. The second-order valence-electron chi connectivity index (χ2n) is 2.37. The molecule has 0 bridgehead atoms. The van der Waals surface area contributed by atoms with Crippen molar-refractivity contribution in [2.24, 2.45) is 5.92 Å². The van der Waals surface area contributed by atoms with Crippen molar-refractivity contribution in [3.63, 3.8) is 0 Å². The summed E-state index contributed by atoms with van der Waals surface area (Å²) in [6.07, 6.45) is 0.526. The summed E-state index contributed by atoms with van der Waals surface area (Å²) in [5.74, 6) is -3.25. The van der Waals surface area contributed by atoms with E-state index in [9.17, 15) is 14.4 Å². The van der Waals surface area contributed by atoms with E-state index >= 15 is 0 Å². The summed E-state index contributed by atoms with van der Waals surface area (Å²) in [7, 11) is 0. The number of hydrogen-bond acceptors (Lipinski definition) is 3. The maximum atomic E-state index is 10.2. The van der Waals surface area contributed by atoms with Gasteiger partial charge in [0.1, 0.15) is 12.2 Å². The smallest absolute Gasteiger partial charge is 0.313 e. The van der Waals surface area contributed by atoms with E-state index in [-0.39, 0.29) is 19.3 Å². The Kier molecular flexibility index (Phi) is 4.67. The first-order chi connectivity index (χ1) is 5.57. The lowest BCUT2D eigenvalue weighted by atomic mass is 10.0. The maximum absolute atomic E-state index is 10.2. The van der Waals surface area contributed by atoms with Gasteiger partial charge in [0.05, 0.1) is 0 Å². The fourth-order valence-corrected chi connectivity index (χ4v) is 0.723. The molecule has 0 rings (SSSR count). The van der Waals surface area contributed by atoms with Gasteiger partial charge in [-0.25, -0.2) is 0 Å². The molecule has 0 aliphatic heterocycles. The van der Waals surface area contributed by atoms with Crippen LogP contribution in [-0.2, 0) is 14.4 Å². The van der Waals surface area contributed by atoms with Crippen LogP contribution in [0.25, 0.3) is 0 Å². The van der Waals surface area contributed by atoms with Crippen LogP contribution in [0.1, 0.15) is 19.3 Å². The van der Waals surface area contributed by atoms with Crippen molar-refractivity contribution >= 4 is 18.2 Å². The zero-order valence-electron chi connectivity index (χ0n) is 6.40. The third-order valence-electron chi connectivity index (χ3n) is 1.39. The van der Waals surface area contributed by atoms with E-state index in [4.69, 9.17) is 10.2 Å². The Morgan fingerprint density at radius 1 is 1.33 bits per heavy atom. The van der Waals surface area contributed by atoms with Crippen LogP contribution in [0.4, 0.5) is 0 Å². The summed E-state index contributed by atoms with van der Waals surface area (Å²) in [6.45, 7) is 0. The Hall–Kier alpha value is -1.39. The van der Waals surface area contributed by atoms with Crippen molar-refractivity contribution in [1.82, 2.24) is 0 Å². The van der Waals surface area contributed by atoms with Gasteiger partial charge >= 0.3 is 11.9 Å². The third-order valence-corrected chi connectivity index (χ3v) is 1.39. The molecule has 68 valence electrons. The van der Waals surface area contributed by atoms with E-state index in [1.807, 2.05) is 0 Å². The standard InChI is InChI=1S/C7H10O5/c8-4-5(7(11)12)2-1-3-6(9)10/h4-5H,1-3H2,(H,9,10)(H,11,12). The zero-order valence-corrected chi connectivity index (χ0v) is 6.40. The minimum atomic E-state index is -1.20. The highest BCUT2D eigenvalue weighted by molar-refractivity contribution is 5.86. The van der Waals surface area contributed by atoms with Gasteiger partial charge in [-0.15, -0.1) is 0 Å². The SMILES string of the molecule is O=CC(CCCC(=O)O)C(=O)O. The maximum Gasteiger partial charge on any atom is 0.313 e. The molecule has 0 aromatic heterocycles.